The van der Waals surface area contributed by atoms with Gasteiger partial charge >= 0.3 is 0 Å². The van der Waals surface area contributed by atoms with Gasteiger partial charge < -0.3 is 15.2 Å². The third-order valence-electron chi connectivity index (χ3n) is 4.56. The fraction of sp³-hybridized carbons (Fsp3) is 0.812. The molecule has 2 rings (SSSR count). The summed E-state index contributed by atoms with van der Waals surface area (Å²) in [7, 11) is 3.44. The molecule has 2 atom stereocenters. The zero-order chi connectivity index (χ0) is 15.2. The van der Waals surface area contributed by atoms with Crippen molar-refractivity contribution >= 4 is 0 Å². The molecule has 0 saturated heterocycles. The number of nitrogens with zero attached hydrogens (tertiary/aromatic N) is 2. The van der Waals surface area contributed by atoms with Crippen molar-refractivity contribution in [3.8, 4) is 5.75 Å². The van der Waals surface area contributed by atoms with Gasteiger partial charge in [0.1, 0.15) is 0 Å². The van der Waals surface area contributed by atoms with Gasteiger partial charge in [-0.05, 0) is 25.2 Å². The second-order valence-corrected chi connectivity index (χ2v) is 5.95. The number of aromatic nitrogens is 2. The summed E-state index contributed by atoms with van der Waals surface area (Å²) in [5, 5.41) is 4.42. The lowest BCUT2D eigenvalue weighted by atomic mass is 9.82. The van der Waals surface area contributed by atoms with E-state index in [0.29, 0.717) is 5.92 Å². The summed E-state index contributed by atoms with van der Waals surface area (Å²) >= 11 is 0. The average Bonchev–Trinajstić information content (AvgIpc) is 2.92. The maximum absolute atomic E-state index is 6.57. The molecule has 0 radical (unpaired) electrons. The third-order valence-corrected chi connectivity index (χ3v) is 4.56. The normalized spacial score (nSPS) is 19.4. The highest BCUT2D eigenvalue weighted by Crippen LogP contribution is 2.35. The predicted octanol–water partition coefficient (Wildman–Crippen LogP) is 2.90. The van der Waals surface area contributed by atoms with E-state index in [4.69, 9.17) is 15.2 Å². The van der Waals surface area contributed by atoms with E-state index in [2.05, 4.69) is 12.0 Å². The maximum Gasteiger partial charge on any atom is 0.161 e. The molecule has 0 aromatic carbocycles. The number of hydrogen-bond acceptors (Lipinski definition) is 4. The quantitative estimate of drug-likeness (QED) is 0.840. The summed E-state index contributed by atoms with van der Waals surface area (Å²) in [6, 6.07) is -0.193. The monoisotopic (exact) mass is 295 g/mol. The lowest BCUT2D eigenvalue weighted by Crippen LogP contribution is -2.37. The van der Waals surface area contributed by atoms with E-state index < -0.39 is 0 Å². The molecular formula is C16H29N3O2. The standard InChI is InChI=1S/C16H29N3O2/c1-4-10-19-15(13(20-2)11-18-19)14(17)16(21-3)12-8-6-5-7-9-12/h11-12,14,16H,4-10,17H2,1-3H3. The molecule has 1 fully saturated rings. The van der Waals surface area contributed by atoms with Crippen molar-refractivity contribution in [3.05, 3.63) is 11.9 Å². The Hall–Kier alpha value is -1.07. The van der Waals surface area contributed by atoms with Crippen LogP contribution in [0.1, 0.15) is 57.2 Å². The van der Waals surface area contributed by atoms with Gasteiger partial charge in [0.05, 0.1) is 31.1 Å². The lowest BCUT2D eigenvalue weighted by Gasteiger charge is -2.33. The molecule has 1 aromatic rings. The second-order valence-electron chi connectivity index (χ2n) is 5.95. The number of nitrogens with two attached hydrogens (primary N) is 1. The van der Waals surface area contributed by atoms with Crippen LogP contribution in [-0.2, 0) is 11.3 Å². The van der Waals surface area contributed by atoms with Crippen molar-refractivity contribution in [2.45, 2.75) is 64.1 Å². The summed E-state index contributed by atoms with van der Waals surface area (Å²) in [5.41, 5.74) is 7.54. The first-order valence-electron chi connectivity index (χ1n) is 8.11. The fourth-order valence-electron chi connectivity index (χ4n) is 3.51. The van der Waals surface area contributed by atoms with Crippen LogP contribution in [0.2, 0.25) is 0 Å². The second kappa shape index (κ2) is 7.80. The van der Waals surface area contributed by atoms with Gasteiger partial charge in [0, 0.05) is 13.7 Å². The first kappa shape index (κ1) is 16.3. The van der Waals surface area contributed by atoms with Crippen LogP contribution in [0, 0.1) is 5.92 Å². The zero-order valence-electron chi connectivity index (χ0n) is 13.5. The average molecular weight is 295 g/mol. The highest BCUT2D eigenvalue weighted by Gasteiger charge is 2.33. The molecule has 1 saturated carbocycles. The Morgan fingerprint density at radius 2 is 2.05 bits per heavy atom. The Bertz CT molecular complexity index is 427. The molecule has 1 aromatic heterocycles. The van der Waals surface area contributed by atoms with Crippen LogP contribution in [0.15, 0.2) is 6.20 Å². The summed E-state index contributed by atoms with van der Waals surface area (Å²) in [6.45, 7) is 2.99. The molecule has 1 aliphatic carbocycles. The Morgan fingerprint density at radius 1 is 1.33 bits per heavy atom. The third kappa shape index (κ3) is 3.58. The number of ether oxygens (including phenoxy) is 2. The smallest absolute Gasteiger partial charge is 0.161 e. The van der Waals surface area contributed by atoms with Gasteiger partial charge in [-0.25, -0.2) is 0 Å². The molecule has 5 heteroatoms. The van der Waals surface area contributed by atoms with Gasteiger partial charge in [0.15, 0.2) is 5.75 Å². The van der Waals surface area contributed by atoms with E-state index >= 15 is 0 Å². The molecule has 120 valence electrons. The molecule has 1 aliphatic rings. The van der Waals surface area contributed by atoms with Gasteiger partial charge in [-0.15, -0.1) is 0 Å². The Labute approximate surface area is 127 Å². The van der Waals surface area contributed by atoms with Crippen molar-refractivity contribution in [3.63, 3.8) is 0 Å². The first-order chi connectivity index (χ1) is 10.2. The van der Waals surface area contributed by atoms with Crippen LogP contribution in [0.3, 0.4) is 0 Å². The van der Waals surface area contributed by atoms with Crippen LogP contribution in [0.5, 0.6) is 5.75 Å². The SMILES string of the molecule is CCCn1ncc(OC)c1C(N)C(OC)C1CCCCC1. The van der Waals surface area contributed by atoms with Crippen molar-refractivity contribution in [2.75, 3.05) is 14.2 Å². The van der Waals surface area contributed by atoms with Crippen LogP contribution in [0.4, 0.5) is 0 Å². The van der Waals surface area contributed by atoms with Crippen molar-refractivity contribution in [2.24, 2.45) is 11.7 Å². The predicted molar refractivity (Wildman–Crippen MR) is 83.4 cm³/mol. The minimum atomic E-state index is -0.193. The molecule has 0 amide bonds. The van der Waals surface area contributed by atoms with E-state index in [-0.39, 0.29) is 12.1 Å². The summed E-state index contributed by atoms with van der Waals surface area (Å²) in [5.74, 6) is 1.31. The highest BCUT2D eigenvalue weighted by atomic mass is 16.5. The summed E-state index contributed by atoms with van der Waals surface area (Å²) in [6.07, 6.45) is 9.12. The Balaban J connectivity index is 2.23. The van der Waals surface area contributed by atoms with Gasteiger partial charge in [-0.3, -0.25) is 4.68 Å². The molecule has 0 aliphatic heterocycles. The lowest BCUT2D eigenvalue weighted by molar-refractivity contribution is 0.0148. The van der Waals surface area contributed by atoms with E-state index in [1.807, 2.05) is 4.68 Å². The molecule has 2 N–H and O–H groups in total. The minimum Gasteiger partial charge on any atom is -0.493 e. The van der Waals surface area contributed by atoms with E-state index in [1.54, 1.807) is 20.4 Å². The molecule has 5 nitrogen and oxygen atoms in total. The largest absolute Gasteiger partial charge is 0.493 e. The van der Waals surface area contributed by atoms with Gasteiger partial charge in [0.2, 0.25) is 0 Å². The zero-order valence-corrected chi connectivity index (χ0v) is 13.5. The van der Waals surface area contributed by atoms with Crippen LogP contribution in [-0.4, -0.2) is 30.1 Å². The van der Waals surface area contributed by atoms with Gasteiger partial charge in [-0.1, -0.05) is 26.2 Å². The summed E-state index contributed by atoms with van der Waals surface area (Å²) < 4.78 is 13.2. The number of hydrogen-bond donors (Lipinski definition) is 1. The molecule has 2 unspecified atom stereocenters. The van der Waals surface area contributed by atoms with Gasteiger partial charge in [0.25, 0.3) is 0 Å². The Morgan fingerprint density at radius 3 is 2.62 bits per heavy atom. The van der Waals surface area contributed by atoms with E-state index in [1.165, 1.54) is 32.1 Å². The Kier molecular flexibility index (Phi) is 6.06. The van der Waals surface area contributed by atoms with Crippen LogP contribution >= 0.6 is 0 Å². The van der Waals surface area contributed by atoms with Crippen LogP contribution < -0.4 is 10.5 Å². The van der Waals surface area contributed by atoms with E-state index in [0.717, 1.165) is 24.4 Å². The number of rotatable bonds is 7. The van der Waals surface area contributed by atoms with Crippen molar-refractivity contribution < 1.29 is 9.47 Å². The molecule has 1 heterocycles. The molecule has 0 spiro atoms. The summed E-state index contributed by atoms with van der Waals surface area (Å²) in [4.78, 5) is 0. The number of methoxy groups -OCH3 is 2. The highest BCUT2D eigenvalue weighted by molar-refractivity contribution is 5.29. The van der Waals surface area contributed by atoms with E-state index in [9.17, 15) is 0 Å². The molecule has 21 heavy (non-hydrogen) atoms. The molecular weight excluding hydrogens is 266 g/mol. The minimum absolute atomic E-state index is 0.0338. The van der Waals surface area contributed by atoms with Gasteiger partial charge in [-0.2, -0.15) is 5.10 Å². The number of aryl methyl sites for hydroxylation is 1. The fourth-order valence-corrected chi connectivity index (χ4v) is 3.51. The topological polar surface area (TPSA) is 62.3 Å². The van der Waals surface area contributed by atoms with Crippen molar-refractivity contribution in [1.82, 2.24) is 9.78 Å². The van der Waals surface area contributed by atoms with Crippen LogP contribution in [0.25, 0.3) is 0 Å². The first-order valence-corrected chi connectivity index (χ1v) is 8.11. The maximum atomic E-state index is 6.57. The van der Waals surface area contributed by atoms with Crippen molar-refractivity contribution in [1.29, 1.82) is 0 Å². The molecule has 0 bridgehead atoms.